The predicted molar refractivity (Wildman–Crippen MR) is 161 cm³/mol. The van der Waals surface area contributed by atoms with E-state index in [9.17, 15) is 18.3 Å². The second-order valence-corrected chi connectivity index (χ2v) is 11.1. The molecule has 1 aliphatic rings. The summed E-state index contributed by atoms with van der Waals surface area (Å²) in [4.78, 5) is 11.7. The van der Waals surface area contributed by atoms with Crippen molar-refractivity contribution in [2.24, 2.45) is 0 Å². The number of carbonyl (C=O) groups excluding carboxylic acids is 1. The molecule has 4 aromatic rings. The Morgan fingerprint density at radius 1 is 1.00 bits per heavy atom. The summed E-state index contributed by atoms with van der Waals surface area (Å²) in [5.74, 6) is 0.817. The van der Waals surface area contributed by atoms with Crippen molar-refractivity contribution in [1.29, 1.82) is 0 Å². The molecule has 220 valence electrons. The number of carbonyl (C=O) groups is 1. The third kappa shape index (κ3) is 7.27. The zero-order chi connectivity index (χ0) is 28.8. The van der Waals surface area contributed by atoms with Crippen molar-refractivity contribution in [2.45, 2.75) is 25.0 Å². The molecule has 9 nitrogen and oxygen atoms in total. The number of aliphatic hydroxyl groups excluding tert-OH is 1. The highest BCUT2D eigenvalue weighted by molar-refractivity contribution is 7.92. The van der Waals surface area contributed by atoms with Crippen molar-refractivity contribution in [1.82, 2.24) is 5.32 Å². The summed E-state index contributed by atoms with van der Waals surface area (Å²) in [5, 5.41) is 14.0. The summed E-state index contributed by atoms with van der Waals surface area (Å²) in [5.41, 5.74) is 3.88. The molecule has 0 radical (unpaired) electrons. The Morgan fingerprint density at radius 2 is 1.71 bits per heavy atom. The number of sulfonamides is 1. The van der Waals surface area contributed by atoms with Crippen LogP contribution in [0.5, 0.6) is 11.5 Å². The molecule has 0 saturated carbocycles. The number of nitrogens with one attached hydrogen (secondary N) is 2. The molecule has 0 aromatic heterocycles. The first-order valence-corrected chi connectivity index (χ1v) is 14.5. The Morgan fingerprint density at radius 3 is 2.43 bits per heavy atom. The molecule has 1 aliphatic heterocycles. The summed E-state index contributed by atoms with van der Waals surface area (Å²) in [6, 6.07) is 26.3. The maximum atomic E-state index is 13.0. The SMILES string of the molecule is C.COC(=O)c1ccc(-c2ccc(OCCNCC(O)c3ccc4cc3NS(=O)(=O)c3cccc(c3)CO4)cc2)cc1. The van der Waals surface area contributed by atoms with Crippen LogP contribution in [0.1, 0.15) is 35.0 Å². The van der Waals surface area contributed by atoms with Gasteiger partial charge in [-0.1, -0.05) is 49.9 Å². The monoisotopic (exact) mass is 590 g/mol. The molecule has 4 aromatic carbocycles. The number of esters is 1. The van der Waals surface area contributed by atoms with E-state index in [1.807, 2.05) is 36.4 Å². The van der Waals surface area contributed by atoms with Gasteiger partial charge in [-0.25, -0.2) is 13.2 Å². The van der Waals surface area contributed by atoms with Gasteiger partial charge in [0.25, 0.3) is 10.0 Å². The number of hydrogen-bond acceptors (Lipinski definition) is 8. The van der Waals surface area contributed by atoms with Crippen LogP contribution < -0.4 is 19.5 Å². The van der Waals surface area contributed by atoms with E-state index < -0.39 is 16.1 Å². The normalized spacial score (nSPS) is 13.9. The van der Waals surface area contributed by atoms with Crippen molar-refractivity contribution in [2.75, 3.05) is 31.5 Å². The van der Waals surface area contributed by atoms with Gasteiger partial charge in [-0.15, -0.1) is 0 Å². The number of aliphatic hydroxyl groups is 1. The van der Waals surface area contributed by atoms with E-state index in [-0.39, 0.29) is 37.1 Å². The Balaban J connectivity index is 0.00000405. The first-order valence-electron chi connectivity index (χ1n) is 13.0. The lowest BCUT2D eigenvalue weighted by molar-refractivity contribution is 0.0600. The minimum Gasteiger partial charge on any atom is -0.492 e. The van der Waals surface area contributed by atoms with Crippen LogP contribution in [0.4, 0.5) is 5.69 Å². The molecule has 0 amide bonds. The van der Waals surface area contributed by atoms with E-state index in [1.165, 1.54) is 13.2 Å². The van der Waals surface area contributed by atoms with Gasteiger partial charge < -0.3 is 24.6 Å². The number of anilines is 1. The fourth-order valence-corrected chi connectivity index (χ4v) is 5.58. The highest BCUT2D eigenvalue weighted by Crippen LogP contribution is 2.31. The van der Waals surface area contributed by atoms with Gasteiger partial charge in [0.2, 0.25) is 0 Å². The standard InChI is InChI=1S/C31H30N2O7S.CH4/c1-38-31(35)24-7-5-22(6-8-24)23-9-11-25(12-10-23)39-16-15-32-19-30(34)28-14-13-26-18-29(28)33-41(36,37)27-4-2-3-21(17-27)20-40-26;/h2-14,17-18,30,32-34H,15-16,19-20H2,1H3;1H4. The summed E-state index contributed by atoms with van der Waals surface area (Å²) in [6.07, 6.45) is -0.971. The molecular formula is C32H34N2O7S. The summed E-state index contributed by atoms with van der Waals surface area (Å²) in [7, 11) is -2.49. The van der Waals surface area contributed by atoms with Crippen molar-refractivity contribution >= 4 is 21.7 Å². The van der Waals surface area contributed by atoms with E-state index in [0.29, 0.717) is 35.8 Å². The zero-order valence-corrected chi connectivity index (χ0v) is 23.2. The fraction of sp³-hybridized carbons (Fsp3) is 0.219. The molecule has 1 atom stereocenters. The van der Waals surface area contributed by atoms with Crippen LogP contribution in [0.3, 0.4) is 0 Å². The molecule has 0 aliphatic carbocycles. The minimum atomic E-state index is -3.84. The quantitative estimate of drug-likeness (QED) is 0.180. The molecule has 4 bridgehead atoms. The van der Waals surface area contributed by atoms with Crippen LogP contribution in [0.25, 0.3) is 11.1 Å². The lowest BCUT2D eigenvalue weighted by Crippen LogP contribution is -2.27. The van der Waals surface area contributed by atoms with E-state index in [1.54, 1.807) is 48.5 Å². The maximum Gasteiger partial charge on any atom is 0.337 e. The lowest BCUT2D eigenvalue weighted by Gasteiger charge is -2.20. The molecule has 1 unspecified atom stereocenters. The predicted octanol–water partition coefficient (Wildman–Crippen LogP) is 5.17. The number of benzene rings is 4. The van der Waals surface area contributed by atoms with Gasteiger partial charge >= 0.3 is 5.97 Å². The smallest absolute Gasteiger partial charge is 0.337 e. The van der Waals surface area contributed by atoms with Gasteiger partial charge in [0.05, 0.1) is 29.4 Å². The molecule has 10 heteroatoms. The van der Waals surface area contributed by atoms with E-state index in [2.05, 4.69) is 10.0 Å². The van der Waals surface area contributed by atoms with E-state index in [4.69, 9.17) is 14.2 Å². The lowest BCUT2D eigenvalue weighted by atomic mass is 10.0. The average molecular weight is 591 g/mol. The van der Waals surface area contributed by atoms with Crippen LogP contribution in [0.15, 0.2) is 95.9 Å². The Hall–Kier alpha value is -4.38. The Labute approximate surface area is 246 Å². The second kappa shape index (κ2) is 13.5. The molecule has 5 rings (SSSR count). The summed E-state index contributed by atoms with van der Waals surface area (Å²) in [6.45, 7) is 1.25. The number of fused-ring (bicyclic) bond motifs is 4. The van der Waals surface area contributed by atoms with Gasteiger partial charge in [-0.05, 0) is 59.2 Å². The highest BCUT2D eigenvalue weighted by atomic mass is 32.2. The maximum absolute atomic E-state index is 13.0. The van der Waals surface area contributed by atoms with Gasteiger partial charge in [0, 0.05) is 24.7 Å². The second-order valence-electron chi connectivity index (χ2n) is 9.45. The van der Waals surface area contributed by atoms with Crippen molar-refractivity contribution in [3.05, 3.63) is 108 Å². The Bertz CT molecular complexity index is 1620. The van der Waals surface area contributed by atoms with Crippen molar-refractivity contribution in [3.8, 4) is 22.6 Å². The van der Waals surface area contributed by atoms with Gasteiger partial charge in [0.1, 0.15) is 24.7 Å². The highest BCUT2D eigenvalue weighted by Gasteiger charge is 2.21. The largest absolute Gasteiger partial charge is 0.492 e. The number of ether oxygens (including phenoxy) is 3. The van der Waals surface area contributed by atoms with Gasteiger partial charge in [-0.2, -0.15) is 0 Å². The molecule has 0 saturated heterocycles. The fourth-order valence-electron chi connectivity index (χ4n) is 4.43. The van der Waals surface area contributed by atoms with Crippen LogP contribution >= 0.6 is 0 Å². The number of hydrogen-bond donors (Lipinski definition) is 3. The van der Waals surface area contributed by atoms with Gasteiger partial charge in [-0.3, -0.25) is 4.72 Å². The number of rotatable bonds is 9. The third-order valence-corrected chi connectivity index (χ3v) is 7.98. The topological polar surface area (TPSA) is 123 Å². The molecule has 3 N–H and O–H groups in total. The molecule has 0 fully saturated rings. The van der Waals surface area contributed by atoms with Gasteiger partial charge in [0.15, 0.2) is 0 Å². The molecular weight excluding hydrogens is 556 g/mol. The van der Waals surface area contributed by atoms with Crippen LogP contribution in [0, 0.1) is 0 Å². The third-order valence-electron chi connectivity index (χ3n) is 6.62. The average Bonchev–Trinajstić information content (AvgIpc) is 2.99. The van der Waals surface area contributed by atoms with Crippen molar-refractivity contribution in [3.63, 3.8) is 0 Å². The summed E-state index contributed by atoms with van der Waals surface area (Å²) < 4.78 is 44.9. The molecule has 1 heterocycles. The van der Waals surface area contributed by atoms with Crippen LogP contribution in [-0.2, 0) is 21.4 Å². The Kier molecular flexibility index (Phi) is 9.84. The minimum absolute atomic E-state index is 0. The molecule has 42 heavy (non-hydrogen) atoms. The first kappa shape index (κ1) is 30.6. The number of methoxy groups -OCH3 is 1. The van der Waals surface area contributed by atoms with E-state index >= 15 is 0 Å². The molecule has 0 spiro atoms. The van der Waals surface area contributed by atoms with Crippen molar-refractivity contribution < 1.29 is 32.5 Å². The first-order chi connectivity index (χ1) is 19.8. The van der Waals surface area contributed by atoms with E-state index in [0.717, 1.165) is 16.7 Å². The van der Waals surface area contributed by atoms with Crippen LogP contribution in [0.2, 0.25) is 0 Å². The zero-order valence-electron chi connectivity index (χ0n) is 22.4. The summed E-state index contributed by atoms with van der Waals surface area (Å²) >= 11 is 0. The van der Waals surface area contributed by atoms with Crippen LogP contribution in [-0.4, -0.2) is 46.3 Å².